The van der Waals surface area contributed by atoms with Gasteiger partial charge in [-0.05, 0) is 12.5 Å². The first kappa shape index (κ1) is 14.7. The Bertz CT molecular complexity index is 642. The van der Waals surface area contributed by atoms with Gasteiger partial charge in [-0.2, -0.15) is 0 Å². The molecular weight excluding hydrogens is 298 g/mol. The highest BCUT2D eigenvalue weighted by Gasteiger charge is 2.11. The molecule has 0 bridgehead atoms. The first-order valence-corrected chi connectivity index (χ1v) is 7.85. The van der Waals surface area contributed by atoms with E-state index in [4.69, 9.17) is 0 Å². The van der Waals surface area contributed by atoms with Crippen LogP contribution in [0.5, 0.6) is 0 Å². The summed E-state index contributed by atoms with van der Waals surface area (Å²) < 4.78 is 1.62. The van der Waals surface area contributed by atoms with E-state index in [1.54, 1.807) is 6.07 Å². The molecule has 1 aromatic heterocycles. The van der Waals surface area contributed by atoms with Crippen LogP contribution in [0.1, 0.15) is 13.3 Å². The number of benzene rings is 1. The normalized spacial score (nSPS) is 10.7. The molecule has 20 heavy (non-hydrogen) atoms. The molecule has 0 aliphatic rings. The Morgan fingerprint density at radius 3 is 3.05 bits per heavy atom. The number of amides is 1. The van der Waals surface area contributed by atoms with Crippen molar-refractivity contribution in [1.82, 2.24) is 10.3 Å². The highest BCUT2D eigenvalue weighted by atomic mass is 32.2. The summed E-state index contributed by atoms with van der Waals surface area (Å²) in [5.41, 5.74) is 0.626. The van der Waals surface area contributed by atoms with E-state index >= 15 is 0 Å². The highest BCUT2D eigenvalue weighted by molar-refractivity contribution is 8.01. The molecule has 0 saturated carbocycles. The van der Waals surface area contributed by atoms with E-state index in [0.29, 0.717) is 17.8 Å². The Kier molecular flexibility index (Phi) is 4.91. The largest absolute Gasteiger partial charge is 0.355 e. The summed E-state index contributed by atoms with van der Waals surface area (Å²) in [7, 11) is 0. The molecule has 6 nitrogen and oxygen atoms in total. The number of thioether (sulfide) groups is 1. The fourth-order valence-electron chi connectivity index (χ4n) is 1.51. The van der Waals surface area contributed by atoms with Gasteiger partial charge in [0.25, 0.3) is 5.69 Å². The highest BCUT2D eigenvalue weighted by Crippen LogP contribution is 2.31. The summed E-state index contributed by atoms with van der Waals surface area (Å²) in [5.74, 6) is 0.282. The van der Waals surface area contributed by atoms with Crippen LogP contribution in [0, 0.1) is 10.1 Å². The number of nitro benzene ring substituents is 1. The molecule has 0 radical (unpaired) electrons. The number of hydrogen-bond acceptors (Lipinski definition) is 6. The molecule has 0 fully saturated rings. The summed E-state index contributed by atoms with van der Waals surface area (Å²) in [6.45, 7) is 2.67. The van der Waals surface area contributed by atoms with E-state index in [2.05, 4.69) is 10.3 Å². The number of non-ortho nitro benzene ring substituents is 1. The topological polar surface area (TPSA) is 85.1 Å². The lowest BCUT2D eigenvalue weighted by atomic mass is 10.3. The second-order valence-electron chi connectivity index (χ2n) is 4.03. The van der Waals surface area contributed by atoms with Gasteiger partial charge < -0.3 is 5.32 Å². The molecule has 0 aliphatic heterocycles. The number of aromatic nitrogens is 1. The standard InChI is InChI=1S/C12H13N3O3S2/c1-2-5-13-11(16)7-19-12-14-9-6-8(15(17)18)3-4-10(9)20-12/h3-4,6H,2,5,7H2,1H3,(H,13,16). The molecule has 0 atom stereocenters. The molecule has 0 aliphatic carbocycles. The van der Waals surface area contributed by atoms with Gasteiger partial charge in [-0.25, -0.2) is 4.98 Å². The lowest BCUT2D eigenvalue weighted by Gasteiger charge is -2.00. The molecule has 1 N–H and O–H groups in total. The summed E-state index contributed by atoms with van der Waals surface area (Å²) in [4.78, 5) is 26.0. The van der Waals surface area contributed by atoms with Crippen molar-refractivity contribution in [1.29, 1.82) is 0 Å². The lowest BCUT2D eigenvalue weighted by molar-refractivity contribution is -0.384. The van der Waals surface area contributed by atoms with Crippen molar-refractivity contribution < 1.29 is 9.72 Å². The van der Waals surface area contributed by atoms with Gasteiger partial charge in [-0.15, -0.1) is 11.3 Å². The van der Waals surface area contributed by atoms with Crippen molar-refractivity contribution >= 4 is 44.9 Å². The minimum absolute atomic E-state index is 0.0258. The molecular formula is C12H13N3O3S2. The van der Waals surface area contributed by atoms with Gasteiger partial charge in [-0.1, -0.05) is 18.7 Å². The Labute approximate surface area is 123 Å². The van der Waals surface area contributed by atoms with Gasteiger partial charge in [0.2, 0.25) is 5.91 Å². The van der Waals surface area contributed by atoms with Crippen LogP contribution in [-0.2, 0) is 4.79 Å². The fraction of sp³-hybridized carbons (Fsp3) is 0.333. The van der Waals surface area contributed by atoms with Crippen molar-refractivity contribution in [2.45, 2.75) is 17.7 Å². The molecule has 1 amide bonds. The maximum atomic E-state index is 11.5. The monoisotopic (exact) mass is 311 g/mol. The van der Waals surface area contributed by atoms with Crippen LogP contribution >= 0.6 is 23.1 Å². The number of thiazole rings is 1. The zero-order valence-corrected chi connectivity index (χ0v) is 12.4. The fourth-order valence-corrected chi connectivity index (χ4v) is 3.39. The summed E-state index contributed by atoms with van der Waals surface area (Å²) >= 11 is 2.78. The molecule has 106 valence electrons. The van der Waals surface area contributed by atoms with E-state index in [1.165, 1.54) is 35.2 Å². The second-order valence-corrected chi connectivity index (χ2v) is 6.28. The van der Waals surface area contributed by atoms with E-state index in [1.807, 2.05) is 6.92 Å². The lowest BCUT2D eigenvalue weighted by Crippen LogP contribution is -2.25. The van der Waals surface area contributed by atoms with Crippen LogP contribution < -0.4 is 5.32 Å². The number of rotatable bonds is 6. The number of nitrogens with zero attached hydrogens (tertiary/aromatic N) is 2. The number of fused-ring (bicyclic) bond motifs is 1. The first-order chi connectivity index (χ1) is 9.60. The van der Waals surface area contributed by atoms with Gasteiger partial charge in [0, 0.05) is 18.7 Å². The van der Waals surface area contributed by atoms with Crippen LogP contribution in [0.3, 0.4) is 0 Å². The summed E-state index contributed by atoms with van der Waals surface area (Å²) in [6.07, 6.45) is 0.904. The molecule has 0 spiro atoms. The van der Waals surface area contributed by atoms with Gasteiger partial charge in [0.15, 0.2) is 4.34 Å². The minimum atomic E-state index is -0.441. The van der Waals surface area contributed by atoms with Gasteiger partial charge in [0.1, 0.15) is 0 Å². The third-order valence-electron chi connectivity index (χ3n) is 2.46. The molecule has 0 unspecified atom stereocenters. The van der Waals surface area contributed by atoms with Crippen molar-refractivity contribution in [2.24, 2.45) is 0 Å². The molecule has 8 heteroatoms. The predicted molar refractivity (Wildman–Crippen MR) is 80.3 cm³/mol. The average molecular weight is 311 g/mol. The van der Waals surface area contributed by atoms with Gasteiger partial charge in [-0.3, -0.25) is 14.9 Å². The smallest absolute Gasteiger partial charge is 0.271 e. The van der Waals surface area contributed by atoms with E-state index in [9.17, 15) is 14.9 Å². The summed E-state index contributed by atoms with van der Waals surface area (Å²) in [5, 5.41) is 13.5. The number of nitrogens with one attached hydrogen (secondary N) is 1. The van der Waals surface area contributed by atoms with Crippen LogP contribution in [-0.4, -0.2) is 28.1 Å². The number of nitro groups is 1. The number of hydrogen-bond donors (Lipinski definition) is 1. The SMILES string of the molecule is CCCNC(=O)CSc1nc2cc([N+](=O)[O-])ccc2s1. The summed E-state index contributed by atoms with van der Waals surface area (Å²) in [6, 6.07) is 4.60. The zero-order valence-electron chi connectivity index (χ0n) is 10.8. The minimum Gasteiger partial charge on any atom is -0.355 e. The second kappa shape index (κ2) is 6.67. The number of carbonyl (C=O) groups excluding carboxylic acids is 1. The first-order valence-electron chi connectivity index (χ1n) is 6.04. The molecule has 2 rings (SSSR count). The van der Waals surface area contributed by atoms with E-state index < -0.39 is 4.92 Å². The van der Waals surface area contributed by atoms with E-state index in [-0.39, 0.29) is 11.6 Å². The molecule has 1 heterocycles. The Balaban J connectivity index is 2.04. The Hall–Kier alpha value is -1.67. The Morgan fingerprint density at radius 1 is 1.55 bits per heavy atom. The molecule has 0 saturated heterocycles. The predicted octanol–water partition coefficient (Wildman–Crippen LogP) is 2.82. The van der Waals surface area contributed by atoms with Crippen LogP contribution in [0.4, 0.5) is 5.69 Å². The average Bonchev–Trinajstić information content (AvgIpc) is 2.84. The quantitative estimate of drug-likeness (QED) is 0.504. The third-order valence-corrected chi connectivity index (χ3v) is 4.64. The van der Waals surface area contributed by atoms with Crippen molar-refractivity contribution in [3.05, 3.63) is 28.3 Å². The Morgan fingerprint density at radius 2 is 2.35 bits per heavy atom. The van der Waals surface area contributed by atoms with Crippen molar-refractivity contribution in [3.8, 4) is 0 Å². The van der Waals surface area contributed by atoms with Crippen LogP contribution in [0.15, 0.2) is 22.5 Å². The molecule has 2 aromatic rings. The number of carbonyl (C=O) groups is 1. The van der Waals surface area contributed by atoms with Crippen molar-refractivity contribution in [3.63, 3.8) is 0 Å². The van der Waals surface area contributed by atoms with E-state index in [0.717, 1.165) is 15.5 Å². The van der Waals surface area contributed by atoms with Crippen LogP contribution in [0.25, 0.3) is 10.2 Å². The van der Waals surface area contributed by atoms with Crippen molar-refractivity contribution in [2.75, 3.05) is 12.3 Å². The zero-order chi connectivity index (χ0) is 14.5. The van der Waals surface area contributed by atoms with Gasteiger partial charge in [0.05, 0.1) is 20.9 Å². The third kappa shape index (κ3) is 3.67. The maximum absolute atomic E-state index is 11.5. The van der Waals surface area contributed by atoms with Gasteiger partial charge >= 0.3 is 0 Å². The maximum Gasteiger partial charge on any atom is 0.271 e. The molecule has 1 aromatic carbocycles. The van der Waals surface area contributed by atoms with Crippen LogP contribution in [0.2, 0.25) is 0 Å².